The second kappa shape index (κ2) is 9.14. The van der Waals surface area contributed by atoms with Crippen LogP contribution in [-0.4, -0.2) is 30.5 Å². The Balaban J connectivity index is 1.44. The van der Waals surface area contributed by atoms with Gasteiger partial charge >= 0.3 is 0 Å². The average Bonchev–Trinajstić information content (AvgIpc) is 3.62. The fourth-order valence-electron chi connectivity index (χ4n) is 4.88. The summed E-state index contributed by atoms with van der Waals surface area (Å²) in [6.45, 7) is 0.878. The number of halogens is 1. The third kappa shape index (κ3) is 4.50. The molecule has 0 atom stereocenters. The van der Waals surface area contributed by atoms with Crippen LogP contribution in [-0.2, 0) is 34.3 Å². The van der Waals surface area contributed by atoms with E-state index in [1.807, 2.05) is 24.3 Å². The average molecular weight is 533 g/mol. The fourth-order valence-corrected chi connectivity index (χ4v) is 5.77. The van der Waals surface area contributed by atoms with E-state index in [4.69, 9.17) is 10.5 Å². The lowest BCUT2D eigenvalue weighted by Crippen LogP contribution is -2.32. The van der Waals surface area contributed by atoms with E-state index in [1.165, 1.54) is 17.2 Å². The van der Waals surface area contributed by atoms with Crippen LogP contribution in [0.2, 0.25) is 0 Å². The molecule has 0 spiro atoms. The minimum Gasteiger partial charge on any atom is -0.383 e. The van der Waals surface area contributed by atoms with E-state index in [0.29, 0.717) is 41.6 Å². The van der Waals surface area contributed by atoms with Gasteiger partial charge in [-0.15, -0.1) is 0 Å². The first-order valence-corrected chi connectivity index (χ1v) is 14.1. The molecule has 2 aromatic carbocycles. The van der Waals surface area contributed by atoms with Gasteiger partial charge in [-0.2, -0.15) is 0 Å². The Morgan fingerprint density at radius 2 is 1.89 bits per heavy atom. The lowest BCUT2D eigenvalue weighted by Gasteiger charge is -2.25. The molecule has 2 aromatic heterocycles. The largest absolute Gasteiger partial charge is 0.383 e. The zero-order valence-electron chi connectivity index (χ0n) is 20.6. The Hall–Kier alpha value is -3.89. The monoisotopic (exact) mass is 532 g/mol. The first kappa shape index (κ1) is 24.4. The van der Waals surface area contributed by atoms with Gasteiger partial charge in [0, 0.05) is 35.0 Å². The predicted molar refractivity (Wildman–Crippen MR) is 141 cm³/mol. The van der Waals surface area contributed by atoms with Gasteiger partial charge in [-0.05, 0) is 60.4 Å². The summed E-state index contributed by atoms with van der Waals surface area (Å²) in [6, 6.07) is 12.5. The molecule has 1 aliphatic heterocycles. The summed E-state index contributed by atoms with van der Waals surface area (Å²) < 4.78 is 44.9. The number of ether oxygens (including phenoxy) is 1. The van der Waals surface area contributed by atoms with Crippen LogP contribution in [0.4, 0.5) is 15.9 Å². The molecule has 2 aliphatic rings. The van der Waals surface area contributed by atoms with Gasteiger partial charge in [-0.1, -0.05) is 12.1 Å². The van der Waals surface area contributed by atoms with Crippen LogP contribution in [0.5, 0.6) is 0 Å². The number of sulfone groups is 1. The highest BCUT2D eigenvalue weighted by atomic mass is 32.2. The number of fused-ring (bicyclic) bond motifs is 3. The summed E-state index contributed by atoms with van der Waals surface area (Å²) in [4.78, 5) is 23.9. The smallest absolute Gasteiger partial charge is 0.260 e. The molecule has 194 valence electrons. The predicted octanol–water partition coefficient (Wildman–Crippen LogP) is 4.51. The van der Waals surface area contributed by atoms with E-state index in [0.717, 1.165) is 53.4 Å². The summed E-state index contributed by atoms with van der Waals surface area (Å²) in [6.07, 6.45) is 4.66. The molecule has 0 saturated heterocycles. The van der Waals surface area contributed by atoms with Crippen molar-refractivity contribution in [2.45, 2.75) is 43.4 Å². The van der Waals surface area contributed by atoms with Crippen molar-refractivity contribution in [1.82, 2.24) is 9.97 Å². The first-order chi connectivity index (χ1) is 18.2. The molecule has 1 fully saturated rings. The SMILES string of the molecule is CS(=O)(=O)c1cc(F)ccc1N(Cc1ccc2c3c(c(N)nc2c1)COC3)C(=O)c1ccc(C2CC2)nc1. The Morgan fingerprint density at radius 3 is 2.61 bits per heavy atom. The number of hydrogen-bond acceptors (Lipinski definition) is 7. The molecule has 0 unspecified atom stereocenters. The first-order valence-electron chi connectivity index (χ1n) is 12.2. The van der Waals surface area contributed by atoms with Crippen LogP contribution in [0.25, 0.3) is 10.9 Å². The summed E-state index contributed by atoms with van der Waals surface area (Å²) in [5.41, 5.74) is 10.7. The van der Waals surface area contributed by atoms with Crippen LogP contribution in [0, 0.1) is 5.82 Å². The van der Waals surface area contributed by atoms with Crippen molar-refractivity contribution in [2.24, 2.45) is 0 Å². The van der Waals surface area contributed by atoms with Crippen molar-refractivity contribution in [2.75, 3.05) is 16.9 Å². The van der Waals surface area contributed by atoms with E-state index in [9.17, 15) is 17.6 Å². The molecule has 4 aromatic rings. The van der Waals surface area contributed by atoms with Crippen molar-refractivity contribution < 1.29 is 22.3 Å². The van der Waals surface area contributed by atoms with Crippen molar-refractivity contribution in [3.63, 3.8) is 0 Å². The fraction of sp³-hybridized carbons (Fsp3) is 0.250. The highest BCUT2D eigenvalue weighted by Gasteiger charge is 2.28. The van der Waals surface area contributed by atoms with E-state index in [-0.39, 0.29) is 17.1 Å². The van der Waals surface area contributed by atoms with Gasteiger partial charge in [0.25, 0.3) is 5.91 Å². The number of carbonyl (C=O) groups excluding carboxylic acids is 1. The second-order valence-corrected chi connectivity index (χ2v) is 11.8. The van der Waals surface area contributed by atoms with Gasteiger partial charge in [-0.3, -0.25) is 9.78 Å². The van der Waals surface area contributed by atoms with E-state index >= 15 is 0 Å². The number of pyridine rings is 2. The molecule has 3 heterocycles. The van der Waals surface area contributed by atoms with Crippen LogP contribution >= 0.6 is 0 Å². The van der Waals surface area contributed by atoms with Gasteiger partial charge < -0.3 is 15.4 Å². The molecule has 6 rings (SSSR count). The summed E-state index contributed by atoms with van der Waals surface area (Å²) >= 11 is 0. The third-order valence-corrected chi connectivity index (χ3v) is 8.15. The van der Waals surface area contributed by atoms with Crippen molar-refractivity contribution >= 4 is 38.2 Å². The third-order valence-electron chi connectivity index (χ3n) is 7.02. The standard InChI is InChI=1S/C28H25FN4O4S/c1-38(35,36)26-11-19(29)6-9-25(26)33(28(34)18-5-8-23(31-12-18)17-3-4-17)13-16-2-7-20-21-14-37-15-22(21)27(30)32-24(20)10-16/h2,5-12,17H,3-4,13-15H2,1H3,(H2,30,32). The van der Waals surface area contributed by atoms with Gasteiger partial charge in [0.05, 0.1) is 41.4 Å². The van der Waals surface area contributed by atoms with Crippen molar-refractivity contribution in [3.05, 3.63) is 88.5 Å². The van der Waals surface area contributed by atoms with E-state index in [1.54, 1.807) is 6.07 Å². The maximum atomic E-state index is 14.1. The second-order valence-electron chi connectivity index (χ2n) is 9.82. The van der Waals surface area contributed by atoms with Crippen LogP contribution in [0.15, 0.2) is 59.6 Å². The number of nitrogens with two attached hydrogens (primary N) is 1. The number of carbonyl (C=O) groups is 1. The topological polar surface area (TPSA) is 115 Å². The molecule has 1 aliphatic carbocycles. The molecule has 10 heteroatoms. The molecule has 8 nitrogen and oxygen atoms in total. The Kier molecular flexibility index (Phi) is 5.88. The van der Waals surface area contributed by atoms with Gasteiger partial charge in [0.15, 0.2) is 9.84 Å². The van der Waals surface area contributed by atoms with Gasteiger partial charge in [0.2, 0.25) is 0 Å². The molecular formula is C28H25FN4O4S. The molecule has 1 saturated carbocycles. The number of rotatable bonds is 6. The summed E-state index contributed by atoms with van der Waals surface area (Å²) in [7, 11) is -3.86. The Morgan fingerprint density at radius 1 is 1.11 bits per heavy atom. The Bertz CT molecular complexity index is 1700. The summed E-state index contributed by atoms with van der Waals surface area (Å²) in [5.74, 6) is -0.340. The molecule has 2 N–H and O–H groups in total. The lowest BCUT2D eigenvalue weighted by molar-refractivity contribution is 0.0984. The minimum atomic E-state index is -3.86. The number of hydrogen-bond donors (Lipinski definition) is 1. The number of nitrogens with zero attached hydrogens (tertiary/aromatic N) is 3. The molecule has 1 amide bonds. The highest BCUT2D eigenvalue weighted by Crippen LogP contribution is 2.39. The highest BCUT2D eigenvalue weighted by molar-refractivity contribution is 7.90. The van der Waals surface area contributed by atoms with Gasteiger partial charge in [0.1, 0.15) is 11.6 Å². The van der Waals surface area contributed by atoms with Crippen LogP contribution < -0.4 is 10.6 Å². The van der Waals surface area contributed by atoms with Crippen LogP contribution in [0.1, 0.15) is 51.5 Å². The lowest BCUT2D eigenvalue weighted by atomic mass is 10.0. The molecular weight excluding hydrogens is 507 g/mol. The zero-order valence-corrected chi connectivity index (χ0v) is 21.5. The minimum absolute atomic E-state index is 0.0163. The summed E-state index contributed by atoms with van der Waals surface area (Å²) in [5, 5.41) is 0.909. The molecule has 38 heavy (non-hydrogen) atoms. The molecule has 0 radical (unpaired) electrons. The van der Waals surface area contributed by atoms with E-state index < -0.39 is 21.6 Å². The van der Waals surface area contributed by atoms with Gasteiger partial charge in [-0.25, -0.2) is 17.8 Å². The maximum Gasteiger partial charge on any atom is 0.260 e. The number of nitrogen functional groups attached to an aromatic ring is 1. The van der Waals surface area contributed by atoms with Crippen molar-refractivity contribution in [3.8, 4) is 0 Å². The molecule has 0 bridgehead atoms. The maximum absolute atomic E-state index is 14.1. The normalized spacial score (nSPS) is 15.0. The number of benzene rings is 2. The number of anilines is 2. The quantitative estimate of drug-likeness (QED) is 0.388. The number of amides is 1. The van der Waals surface area contributed by atoms with Crippen LogP contribution in [0.3, 0.4) is 0 Å². The zero-order chi connectivity index (χ0) is 26.6. The number of aromatic nitrogens is 2. The van der Waals surface area contributed by atoms with E-state index in [2.05, 4.69) is 9.97 Å². The Labute approximate surface area is 219 Å². The van der Waals surface area contributed by atoms with Crippen molar-refractivity contribution in [1.29, 1.82) is 0 Å².